The van der Waals surface area contributed by atoms with Gasteiger partial charge in [-0.25, -0.2) is 4.79 Å². The normalized spacial score (nSPS) is 17.5. The fourth-order valence-corrected chi connectivity index (χ4v) is 6.37. The first-order valence-electron chi connectivity index (χ1n) is 15.6. The van der Waals surface area contributed by atoms with Crippen molar-refractivity contribution in [2.75, 3.05) is 26.0 Å². The highest BCUT2D eigenvalue weighted by Gasteiger charge is 2.32. The van der Waals surface area contributed by atoms with E-state index in [0.29, 0.717) is 6.42 Å². The monoisotopic (exact) mass is 656 g/mol. The smallest absolute Gasteiger partial charge is 0.325 e. The Morgan fingerprint density at radius 1 is 0.894 bits per heavy atom. The van der Waals surface area contributed by atoms with E-state index in [1.807, 2.05) is 97.1 Å². The van der Waals surface area contributed by atoms with E-state index in [0.717, 1.165) is 49.8 Å². The molecule has 1 aliphatic heterocycles. The van der Waals surface area contributed by atoms with Crippen LogP contribution in [0.15, 0.2) is 102 Å². The number of urea groups is 1. The predicted molar refractivity (Wildman–Crippen MR) is 181 cm³/mol. The van der Waals surface area contributed by atoms with E-state index < -0.39 is 18.3 Å². The Labute approximate surface area is 279 Å². The van der Waals surface area contributed by atoms with Crippen LogP contribution in [0.2, 0.25) is 0 Å². The molecule has 0 radical (unpaired) electrons. The van der Waals surface area contributed by atoms with Crippen molar-refractivity contribution in [1.29, 1.82) is 0 Å². The standard InChI is InChI=1S/C37H40N2O7S/c1-3-44-35(41)22-39-37(42)38-21-29-8-4-5-9-31(29)26-16-18-28(19-17-26)36-45-30(24-47-34-11-7-6-10-32(34)43-2)20-33(46-36)27-14-12-25(23-40)13-15-27/h4-19,30,33,36,40H,3,20-24H2,1-2H3,(H2,38,39,42)/t30-,33+,36+/m1/s1. The molecule has 0 aliphatic carbocycles. The average Bonchev–Trinajstić information content (AvgIpc) is 3.12. The van der Waals surface area contributed by atoms with Gasteiger partial charge >= 0.3 is 12.0 Å². The molecule has 0 saturated carbocycles. The van der Waals surface area contributed by atoms with Crippen molar-refractivity contribution in [1.82, 2.24) is 10.6 Å². The molecule has 1 saturated heterocycles. The molecular formula is C37H40N2O7S. The molecule has 1 aliphatic rings. The van der Waals surface area contributed by atoms with Crippen molar-refractivity contribution < 1.29 is 33.6 Å². The summed E-state index contributed by atoms with van der Waals surface area (Å²) in [7, 11) is 1.68. The van der Waals surface area contributed by atoms with Crippen LogP contribution in [0.4, 0.5) is 4.79 Å². The lowest BCUT2D eigenvalue weighted by Crippen LogP contribution is -2.38. The largest absolute Gasteiger partial charge is 0.496 e. The maximum absolute atomic E-state index is 12.3. The number of hydrogen-bond donors (Lipinski definition) is 3. The molecule has 3 N–H and O–H groups in total. The number of esters is 1. The highest BCUT2D eigenvalue weighted by molar-refractivity contribution is 7.99. The lowest BCUT2D eigenvalue weighted by atomic mass is 9.98. The number of hydrogen-bond acceptors (Lipinski definition) is 8. The number of thioether (sulfide) groups is 1. The van der Waals surface area contributed by atoms with E-state index in [9.17, 15) is 14.7 Å². The minimum absolute atomic E-state index is 0.00999. The number of nitrogens with one attached hydrogen (secondary N) is 2. The van der Waals surface area contributed by atoms with Crippen molar-refractivity contribution in [2.45, 2.75) is 49.9 Å². The van der Waals surface area contributed by atoms with Crippen molar-refractivity contribution in [2.24, 2.45) is 0 Å². The van der Waals surface area contributed by atoms with E-state index in [4.69, 9.17) is 18.9 Å². The fourth-order valence-electron chi connectivity index (χ4n) is 5.32. The van der Waals surface area contributed by atoms with Gasteiger partial charge in [0.05, 0.1) is 32.5 Å². The summed E-state index contributed by atoms with van der Waals surface area (Å²) >= 11 is 1.70. The predicted octanol–water partition coefficient (Wildman–Crippen LogP) is 6.55. The number of carbonyl (C=O) groups is 2. The molecule has 47 heavy (non-hydrogen) atoms. The molecule has 4 aromatic carbocycles. The third-order valence-electron chi connectivity index (χ3n) is 7.76. The molecule has 0 aromatic heterocycles. The van der Waals surface area contributed by atoms with Crippen molar-refractivity contribution in [3.05, 3.63) is 119 Å². The molecule has 4 aromatic rings. The topological polar surface area (TPSA) is 115 Å². The quantitative estimate of drug-likeness (QED) is 0.110. The SMILES string of the molecule is CCOC(=O)CNC(=O)NCc1ccccc1-c1ccc([C@H]2O[C@@H](CSc3ccccc3OC)C[C@@H](c3ccc(CO)cc3)O2)cc1. The van der Waals surface area contributed by atoms with Gasteiger partial charge in [0, 0.05) is 29.2 Å². The molecule has 0 bridgehead atoms. The Morgan fingerprint density at radius 3 is 2.36 bits per heavy atom. The highest BCUT2D eigenvalue weighted by Crippen LogP contribution is 2.41. The minimum atomic E-state index is -0.580. The average molecular weight is 657 g/mol. The van der Waals surface area contributed by atoms with Gasteiger partial charge in [-0.15, -0.1) is 11.8 Å². The molecule has 1 heterocycles. The van der Waals surface area contributed by atoms with Crippen LogP contribution in [0.1, 0.15) is 48.0 Å². The Kier molecular flexibility index (Phi) is 12.3. The Morgan fingerprint density at radius 2 is 1.62 bits per heavy atom. The van der Waals surface area contributed by atoms with Crippen LogP contribution in [-0.4, -0.2) is 49.2 Å². The van der Waals surface area contributed by atoms with Gasteiger partial charge in [-0.05, 0) is 46.9 Å². The Balaban J connectivity index is 1.29. The number of benzene rings is 4. The summed E-state index contributed by atoms with van der Waals surface area (Å²) < 4.78 is 23.5. The maximum Gasteiger partial charge on any atom is 0.325 e. The molecule has 10 heteroatoms. The van der Waals surface area contributed by atoms with Crippen LogP contribution >= 0.6 is 11.8 Å². The Bertz CT molecular complexity index is 1610. The highest BCUT2D eigenvalue weighted by atomic mass is 32.2. The number of aliphatic hydroxyl groups is 1. The molecular weight excluding hydrogens is 616 g/mol. The number of rotatable bonds is 13. The zero-order valence-electron chi connectivity index (χ0n) is 26.5. The fraction of sp³-hybridized carbons (Fsp3) is 0.297. The molecule has 2 amide bonds. The number of carbonyl (C=O) groups excluding carboxylic acids is 2. The van der Waals surface area contributed by atoms with E-state index in [2.05, 4.69) is 10.6 Å². The van der Waals surface area contributed by atoms with Gasteiger partial charge in [0.1, 0.15) is 12.3 Å². The van der Waals surface area contributed by atoms with Gasteiger partial charge in [-0.3, -0.25) is 4.79 Å². The summed E-state index contributed by atoms with van der Waals surface area (Å²) in [6, 6.07) is 31.3. The van der Waals surface area contributed by atoms with Crippen LogP contribution in [0, 0.1) is 0 Å². The zero-order chi connectivity index (χ0) is 33.0. The molecule has 5 rings (SSSR count). The second kappa shape index (κ2) is 17.0. The van der Waals surface area contributed by atoms with E-state index in [1.165, 1.54) is 0 Å². The summed E-state index contributed by atoms with van der Waals surface area (Å²) in [6.07, 6.45) is -0.175. The summed E-state index contributed by atoms with van der Waals surface area (Å²) in [5.74, 6) is 1.07. The first-order chi connectivity index (χ1) is 23.0. The van der Waals surface area contributed by atoms with E-state index in [-0.39, 0.29) is 38.5 Å². The van der Waals surface area contributed by atoms with E-state index in [1.54, 1.807) is 25.8 Å². The zero-order valence-corrected chi connectivity index (χ0v) is 27.3. The van der Waals surface area contributed by atoms with Crippen molar-refractivity contribution >= 4 is 23.8 Å². The first-order valence-corrected chi connectivity index (χ1v) is 16.6. The van der Waals surface area contributed by atoms with Gasteiger partial charge in [0.2, 0.25) is 0 Å². The second-order valence-electron chi connectivity index (χ2n) is 10.9. The number of aliphatic hydroxyl groups excluding tert-OH is 1. The number of ether oxygens (including phenoxy) is 4. The molecule has 0 spiro atoms. The summed E-state index contributed by atoms with van der Waals surface area (Å²) in [5.41, 5.74) is 5.66. The molecule has 0 unspecified atom stereocenters. The lowest BCUT2D eigenvalue weighted by Gasteiger charge is -2.36. The van der Waals surface area contributed by atoms with Gasteiger partial charge in [-0.2, -0.15) is 0 Å². The van der Waals surface area contributed by atoms with Crippen LogP contribution in [0.3, 0.4) is 0 Å². The van der Waals surface area contributed by atoms with Crippen LogP contribution < -0.4 is 15.4 Å². The van der Waals surface area contributed by atoms with E-state index >= 15 is 0 Å². The van der Waals surface area contributed by atoms with Crippen LogP contribution in [0.25, 0.3) is 11.1 Å². The van der Waals surface area contributed by atoms with Crippen molar-refractivity contribution in [3.8, 4) is 16.9 Å². The Hall–Kier alpha value is -4.35. The van der Waals surface area contributed by atoms with Gasteiger partial charge in [0.25, 0.3) is 0 Å². The third kappa shape index (κ3) is 9.36. The maximum atomic E-state index is 12.3. The summed E-state index contributed by atoms with van der Waals surface area (Å²) in [5, 5.41) is 14.9. The van der Waals surface area contributed by atoms with Gasteiger partial charge in [-0.1, -0.05) is 84.9 Å². The number of methoxy groups -OCH3 is 1. The summed E-state index contributed by atoms with van der Waals surface area (Å²) in [4.78, 5) is 24.9. The number of amides is 2. The van der Waals surface area contributed by atoms with Crippen LogP contribution in [0.5, 0.6) is 5.75 Å². The van der Waals surface area contributed by atoms with Gasteiger partial charge < -0.3 is 34.7 Å². The lowest BCUT2D eigenvalue weighted by molar-refractivity contribution is -0.245. The number of para-hydroxylation sites is 1. The molecule has 246 valence electrons. The first kappa shape index (κ1) is 34.0. The van der Waals surface area contributed by atoms with Crippen LogP contribution in [-0.2, 0) is 32.2 Å². The van der Waals surface area contributed by atoms with Crippen molar-refractivity contribution in [3.63, 3.8) is 0 Å². The molecule has 3 atom stereocenters. The van der Waals surface area contributed by atoms with Gasteiger partial charge in [0.15, 0.2) is 6.29 Å². The summed E-state index contributed by atoms with van der Waals surface area (Å²) in [6.45, 7) is 2.06. The molecule has 9 nitrogen and oxygen atoms in total. The minimum Gasteiger partial charge on any atom is -0.496 e. The second-order valence-corrected chi connectivity index (χ2v) is 12.0. The molecule has 1 fully saturated rings. The third-order valence-corrected chi connectivity index (χ3v) is 8.94.